The highest BCUT2D eigenvalue weighted by molar-refractivity contribution is 7.80. The van der Waals surface area contributed by atoms with Gasteiger partial charge in [0.15, 0.2) is 5.11 Å². The van der Waals surface area contributed by atoms with E-state index >= 15 is 0 Å². The largest absolute Gasteiger partial charge is 0.298 e. The molecule has 1 N–H and O–H groups in total. The Morgan fingerprint density at radius 2 is 1.76 bits per heavy atom. The summed E-state index contributed by atoms with van der Waals surface area (Å²) in [6.07, 6.45) is 1.52. The van der Waals surface area contributed by atoms with Crippen LogP contribution in [0.5, 0.6) is 0 Å². The number of benzene rings is 2. The number of rotatable bonds is 2. The summed E-state index contributed by atoms with van der Waals surface area (Å²) < 4.78 is 0. The van der Waals surface area contributed by atoms with Gasteiger partial charge in [-0.05, 0) is 42.9 Å². The molecule has 1 heterocycles. The molecule has 0 atom stereocenters. The van der Waals surface area contributed by atoms with E-state index in [-0.39, 0.29) is 20.7 Å². The molecule has 7 heteroatoms. The second-order valence-electron chi connectivity index (χ2n) is 5.44. The second kappa shape index (κ2) is 6.96. The van der Waals surface area contributed by atoms with Crippen molar-refractivity contribution in [1.29, 1.82) is 0 Å². The van der Waals surface area contributed by atoms with E-state index in [1.54, 1.807) is 18.2 Å². The highest BCUT2D eigenvalue weighted by atomic mass is 35.5. The van der Waals surface area contributed by atoms with E-state index in [0.717, 1.165) is 11.1 Å². The smallest absolute Gasteiger partial charge is 0.270 e. The van der Waals surface area contributed by atoms with Crippen molar-refractivity contribution < 1.29 is 9.59 Å². The van der Waals surface area contributed by atoms with E-state index < -0.39 is 11.8 Å². The Hall–Kier alpha value is -2.21. The standard InChI is InChI=1S/C18H12Cl2N2O2S/c1-10-5-7-11(8-6-10)9-12-16(23)21-18(25)22(17(12)24)14-4-2-3-13(19)15(14)20/h2-9H,1H3,(H,21,23,25). The number of anilines is 1. The molecule has 3 rings (SSSR count). The van der Waals surface area contributed by atoms with Crippen molar-refractivity contribution in [2.75, 3.05) is 4.90 Å². The number of amides is 2. The van der Waals surface area contributed by atoms with Crippen molar-refractivity contribution >= 4 is 64.1 Å². The lowest BCUT2D eigenvalue weighted by Crippen LogP contribution is -2.54. The lowest BCUT2D eigenvalue weighted by molar-refractivity contribution is -0.122. The van der Waals surface area contributed by atoms with Gasteiger partial charge in [0.2, 0.25) is 0 Å². The monoisotopic (exact) mass is 390 g/mol. The van der Waals surface area contributed by atoms with Gasteiger partial charge in [-0.1, -0.05) is 59.1 Å². The van der Waals surface area contributed by atoms with E-state index in [1.165, 1.54) is 11.0 Å². The Labute approximate surface area is 160 Å². The molecule has 2 aromatic rings. The summed E-state index contributed by atoms with van der Waals surface area (Å²) in [7, 11) is 0. The molecule has 0 bridgehead atoms. The van der Waals surface area contributed by atoms with Crippen molar-refractivity contribution in [1.82, 2.24) is 5.32 Å². The number of thiocarbonyl (C=S) groups is 1. The van der Waals surface area contributed by atoms with Crippen LogP contribution in [0.15, 0.2) is 48.0 Å². The van der Waals surface area contributed by atoms with Gasteiger partial charge < -0.3 is 0 Å². The van der Waals surface area contributed by atoms with Crippen LogP contribution in [0.4, 0.5) is 5.69 Å². The molecule has 4 nitrogen and oxygen atoms in total. The van der Waals surface area contributed by atoms with Crippen LogP contribution in [0.25, 0.3) is 6.08 Å². The molecule has 25 heavy (non-hydrogen) atoms. The molecule has 1 aliphatic heterocycles. The van der Waals surface area contributed by atoms with Gasteiger partial charge in [-0.2, -0.15) is 0 Å². The highest BCUT2D eigenvalue weighted by Gasteiger charge is 2.35. The van der Waals surface area contributed by atoms with Crippen LogP contribution in [0, 0.1) is 6.92 Å². The number of hydrogen-bond acceptors (Lipinski definition) is 3. The van der Waals surface area contributed by atoms with Crippen molar-refractivity contribution in [3.63, 3.8) is 0 Å². The van der Waals surface area contributed by atoms with Crippen LogP contribution < -0.4 is 10.2 Å². The lowest BCUT2D eigenvalue weighted by atomic mass is 10.1. The van der Waals surface area contributed by atoms with Gasteiger partial charge in [0.1, 0.15) is 5.57 Å². The molecule has 1 saturated heterocycles. The maximum atomic E-state index is 12.9. The van der Waals surface area contributed by atoms with E-state index in [4.69, 9.17) is 35.4 Å². The van der Waals surface area contributed by atoms with Gasteiger partial charge in [-0.15, -0.1) is 0 Å². The minimum atomic E-state index is -0.557. The molecule has 1 aliphatic rings. The number of halogens is 2. The Balaban J connectivity index is 2.05. The topological polar surface area (TPSA) is 49.4 Å². The average Bonchev–Trinajstić information content (AvgIpc) is 2.57. The Bertz CT molecular complexity index is 923. The number of nitrogens with one attached hydrogen (secondary N) is 1. The number of hydrogen-bond donors (Lipinski definition) is 1. The normalized spacial score (nSPS) is 16.4. The van der Waals surface area contributed by atoms with E-state index in [1.807, 2.05) is 31.2 Å². The van der Waals surface area contributed by atoms with Crippen molar-refractivity contribution in [3.8, 4) is 0 Å². The first kappa shape index (κ1) is 17.6. The van der Waals surface area contributed by atoms with Crippen molar-refractivity contribution in [3.05, 3.63) is 69.2 Å². The molecule has 0 saturated carbocycles. The summed E-state index contributed by atoms with van der Waals surface area (Å²) in [6.45, 7) is 1.96. The quantitative estimate of drug-likeness (QED) is 0.476. The summed E-state index contributed by atoms with van der Waals surface area (Å²) in [5, 5.41) is 2.95. The van der Waals surface area contributed by atoms with Gasteiger partial charge in [-0.25, -0.2) is 0 Å². The fraction of sp³-hybridized carbons (Fsp3) is 0.0556. The van der Waals surface area contributed by atoms with E-state index in [0.29, 0.717) is 5.69 Å². The average molecular weight is 391 g/mol. The summed E-state index contributed by atoms with van der Waals surface area (Å²) in [4.78, 5) is 26.3. The van der Waals surface area contributed by atoms with Gasteiger partial charge in [0.05, 0.1) is 15.7 Å². The zero-order chi connectivity index (χ0) is 18.1. The van der Waals surface area contributed by atoms with Crippen LogP contribution in [-0.4, -0.2) is 16.9 Å². The molecule has 2 aromatic carbocycles. The maximum Gasteiger partial charge on any atom is 0.270 e. The molecule has 0 spiro atoms. The molecule has 0 aliphatic carbocycles. The van der Waals surface area contributed by atoms with Crippen molar-refractivity contribution in [2.24, 2.45) is 0 Å². The van der Waals surface area contributed by atoms with Crippen LogP contribution in [0.1, 0.15) is 11.1 Å². The minimum Gasteiger partial charge on any atom is -0.298 e. The van der Waals surface area contributed by atoms with Crippen molar-refractivity contribution in [2.45, 2.75) is 6.92 Å². The zero-order valence-electron chi connectivity index (χ0n) is 13.0. The molecular formula is C18H12Cl2N2O2S. The van der Waals surface area contributed by atoms with E-state index in [9.17, 15) is 9.59 Å². The number of carbonyl (C=O) groups excluding carboxylic acids is 2. The molecule has 0 unspecified atom stereocenters. The molecule has 0 aromatic heterocycles. The first-order valence-electron chi connectivity index (χ1n) is 7.30. The van der Waals surface area contributed by atoms with Crippen LogP contribution in [-0.2, 0) is 9.59 Å². The summed E-state index contributed by atoms with van der Waals surface area (Å²) in [5.41, 5.74) is 2.09. The predicted molar refractivity (Wildman–Crippen MR) is 104 cm³/mol. The predicted octanol–water partition coefficient (Wildman–Crippen LogP) is 4.13. The van der Waals surface area contributed by atoms with Gasteiger partial charge >= 0.3 is 0 Å². The van der Waals surface area contributed by atoms with Gasteiger partial charge in [0, 0.05) is 0 Å². The van der Waals surface area contributed by atoms with Crippen LogP contribution >= 0.6 is 35.4 Å². The third-order valence-corrected chi connectivity index (χ3v) is 4.76. The second-order valence-corrected chi connectivity index (χ2v) is 6.61. The fourth-order valence-electron chi connectivity index (χ4n) is 2.37. The number of carbonyl (C=O) groups is 2. The summed E-state index contributed by atoms with van der Waals surface area (Å²) >= 11 is 17.4. The minimum absolute atomic E-state index is 0.0338. The summed E-state index contributed by atoms with van der Waals surface area (Å²) in [6, 6.07) is 12.3. The van der Waals surface area contributed by atoms with Crippen LogP contribution in [0.3, 0.4) is 0 Å². The highest BCUT2D eigenvalue weighted by Crippen LogP contribution is 2.34. The number of aryl methyl sites for hydroxylation is 1. The van der Waals surface area contributed by atoms with Crippen LogP contribution in [0.2, 0.25) is 10.0 Å². The lowest BCUT2D eigenvalue weighted by Gasteiger charge is -2.29. The Morgan fingerprint density at radius 3 is 2.44 bits per heavy atom. The third kappa shape index (κ3) is 3.44. The molecule has 126 valence electrons. The Morgan fingerprint density at radius 1 is 1.08 bits per heavy atom. The first-order chi connectivity index (χ1) is 11.9. The fourth-order valence-corrected chi connectivity index (χ4v) is 3.02. The SMILES string of the molecule is Cc1ccc(C=C2C(=O)NC(=S)N(c3cccc(Cl)c3Cl)C2=O)cc1. The Kier molecular flexibility index (Phi) is 4.90. The summed E-state index contributed by atoms with van der Waals surface area (Å²) in [5.74, 6) is -1.11. The maximum absolute atomic E-state index is 12.9. The number of nitrogens with zero attached hydrogens (tertiary/aromatic N) is 1. The van der Waals surface area contributed by atoms with Gasteiger partial charge in [-0.3, -0.25) is 19.8 Å². The third-order valence-electron chi connectivity index (χ3n) is 3.66. The molecular weight excluding hydrogens is 379 g/mol. The molecule has 1 fully saturated rings. The first-order valence-corrected chi connectivity index (χ1v) is 8.47. The molecule has 0 radical (unpaired) electrons. The zero-order valence-corrected chi connectivity index (χ0v) is 15.4. The van der Waals surface area contributed by atoms with Gasteiger partial charge in [0.25, 0.3) is 11.8 Å². The van der Waals surface area contributed by atoms with E-state index in [2.05, 4.69) is 5.32 Å². The molecule has 2 amide bonds.